The summed E-state index contributed by atoms with van der Waals surface area (Å²) in [5, 5.41) is 4.93. The van der Waals surface area contributed by atoms with Gasteiger partial charge in [-0.15, -0.1) is 25.3 Å². The van der Waals surface area contributed by atoms with Crippen molar-refractivity contribution in [2.24, 2.45) is 0 Å². The molecule has 0 radical (unpaired) electrons. The second-order valence-electron chi connectivity index (χ2n) is 11.1. The van der Waals surface area contributed by atoms with Gasteiger partial charge in [-0.2, -0.15) is 0 Å². The molecule has 0 aliphatic rings. The number of aromatic nitrogens is 2. The number of thiol groups is 2. The van der Waals surface area contributed by atoms with E-state index in [1.54, 1.807) is 0 Å². The van der Waals surface area contributed by atoms with E-state index >= 15 is 0 Å². The third kappa shape index (κ3) is 3.83. The first-order valence-electron chi connectivity index (χ1n) is 14.1. The summed E-state index contributed by atoms with van der Waals surface area (Å²) in [6, 6.07) is 43.7. The van der Waals surface area contributed by atoms with E-state index in [4.69, 9.17) is 0 Å². The summed E-state index contributed by atoms with van der Waals surface area (Å²) in [7, 11) is 0. The summed E-state index contributed by atoms with van der Waals surface area (Å²) in [6.45, 7) is 4.43. The summed E-state index contributed by atoms with van der Waals surface area (Å²) < 4.78 is 4.73. The molecule has 0 aliphatic heterocycles. The standard InChI is InChI=1S/C38H28N2S2/c1-23-19-25(39-35-9-5-3-7-31(35)33-21-27(41)13-17-37(33)39)11-15-29(23)30-16-12-26(20-24(30)2)40-36-10-6-4-8-32(36)34-22-28(42)14-18-38(34)40/h3-22,41-42H,1-2H3. The van der Waals surface area contributed by atoms with Gasteiger partial charge in [-0.1, -0.05) is 48.5 Å². The molecule has 0 aliphatic carbocycles. The van der Waals surface area contributed by atoms with Crippen molar-refractivity contribution in [1.82, 2.24) is 9.13 Å². The van der Waals surface area contributed by atoms with Crippen molar-refractivity contribution in [2.45, 2.75) is 23.6 Å². The Balaban J connectivity index is 1.25. The molecule has 2 aromatic heterocycles. The van der Waals surface area contributed by atoms with Gasteiger partial charge in [0.25, 0.3) is 0 Å². The van der Waals surface area contributed by atoms with Crippen molar-refractivity contribution in [3.05, 3.63) is 132 Å². The van der Waals surface area contributed by atoms with Gasteiger partial charge in [-0.05, 0) is 109 Å². The molecule has 8 rings (SSSR count). The Kier molecular flexibility index (Phi) is 5.78. The first kappa shape index (κ1) is 25.3. The second-order valence-corrected chi connectivity index (χ2v) is 12.1. The molecule has 6 aromatic carbocycles. The van der Waals surface area contributed by atoms with Crippen LogP contribution in [0.3, 0.4) is 0 Å². The van der Waals surface area contributed by atoms with E-state index in [2.05, 4.69) is 170 Å². The molecule has 2 heterocycles. The maximum Gasteiger partial charge on any atom is 0.0541 e. The van der Waals surface area contributed by atoms with Gasteiger partial charge in [0.15, 0.2) is 0 Å². The fourth-order valence-electron chi connectivity index (χ4n) is 6.66. The van der Waals surface area contributed by atoms with Crippen LogP contribution < -0.4 is 0 Å². The van der Waals surface area contributed by atoms with Gasteiger partial charge in [0.05, 0.1) is 22.1 Å². The molecule has 0 saturated carbocycles. The molecule has 0 N–H and O–H groups in total. The Hall–Kier alpha value is -4.38. The van der Waals surface area contributed by atoms with Gasteiger partial charge >= 0.3 is 0 Å². The van der Waals surface area contributed by atoms with Crippen molar-refractivity contribution in [3.8, 4) is 22.5 Å². The van der Waals surface area contributed by atoms with Gasteiger partial charge in [0.1, 0.15) is 0 Å². The highest BCUT2D eigenvalue weighted by Crippen LogP contribution is 2.37. The van der Waals surface area contributed by atoms with Gasteiger partial charge in [-0.25, -0.2) is 0 Å². The number of aryl methyl sites for hydroxylation is 2. The van der Waals surface area contributed by atoms with E-state index < -0.39 is 0 Å². The zero-order chi connectivity index (χ0) is 28.5. The van der Waals surface area contributed by atoms with Crippen LogP contribution in [0, 0.1) is 13.8 Å². The van der Waals surface area contributed by atoms with Crippen molar-refractivity contribution >= 4 is 68.9 Å². The first-order chi connectivity index (χ1) is 20.5. The zero-order valence-corrected chi connectivity index (χ0v) is 25.1. The highest BCUT2D eigenvalue weighted by Gasteiger charge is 2.16. The predicted molar refractivity (Wildman–Crippen MR) is 185 cm³/mol. The minimum absolute atomic E-state index is 0.975. The summed E-state index contributed by atoms with van der Waals surface area (Å²) >= 11 is 9.23. The molecule has 8 aromatic rings. The Labute approximate surface area is 255 Å². The van der Waals surface area contributed by atoms with Crippen LogP contribution in [0.15, 0.2) is 131 Å². The summed E-state index contributed by atoms with van der Waals surface area (Å²) in [5.74, 6) is 0. The molecule has 42 heavy (non-hydrogen) atoms. The SMILES string of the molecule is Cc1cc(-n2c3ccccc3c3cc(S)ccc32)ccc1-c1ccc(-n2c3ccccc3c3cc(S)ccc32)cc1C. The van der Waals surface area contributed by atoms with E-state index in [1.807, 2.05) is 0 Å². The van der Waals surface area contributed by atoms with Gasteiger partial charge in [0, 0.05) is 42.7 Å². The zero-order valence-electron chi connectivity index (χ0n) is 23.3. The fourth-order valence-corrected chi connectivity index (χ4v) is 7.06. The second kappa shape index (κ2) is 9.59. The molecule has 4 heteroatoms. The maximum absolute atomic E-state index is 4.61. The fraction of sp³-hybridized carbons (Fsp3) is 0.0526. The number of benzene rings is 6. The number of hydrogen-bond acceptors (Lipinski definition) is 2. The van der Waals surface area contributed by atoms with Crippen LogP contribution >= 0.6 is 25.3 Å². The third-order valence-electron chi connectivity index (χ3n) is 8.54. The summed E-state index contributed by atoms with van der Waals surface area (Å²) in [6.07, 6.45) is 0. The first-order valence-corrected chi connectivity index (χ1v) is 15.0. The lowest BCUT2D eigenvalue weighted by Crippen LogP contribution is -1.98. The molecule has 0 saturated heterocycles. The van der Waals surface area contributed by atoms with Crippen LogP contribution in [0.25, 0.3) is 66.1 Å². The van der Waals surface area contributed by atoms with Crippen LogP contribution in [-0.2, 0) is 0 Å². The normalized spacial score (nSPS) is 11.8. The highest BCUT2D eigenvalue weighted by atomic mass is 32.1. The Bertz CT molecular complexity index is 2190. The quantitative estimate of drug-likeness (QED) is 0.194. The van der Waals surface area contributed by atoms with Crippen LogP contribution in [0.4, 0.5) is 0 Å². The summed E-state index contributed by atoms with van der Waals surface area (Å²) in [5.41, 5.74) is 12.1. The molecule has 0 bridgehead atoms. The van der Waals surface area contributed by atoms with Crippen molar-refractivity contribution < 1.29 is 0 Å². The van der Waals surface area contributed by atoms with Crippen LogP contribution in [-0.4, -0.2) is 9.13 Å². The average Bonchev–Trinajstić information content (AvgIpc) is 3.49. The minimum Gasteiger partial charge on any atom is -0.309 e. The van der Waals surface area contributed by atoms with Gasteiger partial charge in [-0.3, -0.25) is 0 Å². The third-order valence-corrected chi connectivity index (χ3v) is 9.10. The Morgan fingerprint density at radius 1 is 0.405 bits per heavy atom. The van der Waals surface area contributed by atoms with E-state index in [0.29, 0.717) is 0 Å². The van der Waals surface area contributed by atoms with Gasteiger partial charge < -0.3 is 9.13 Å². The van der Waals surface area contributed by atoms with E-state index in [0.717, 1.165) is 21.2 Å². The number of hydrogen-bond donors (Lipinski definition) is 2. The molecule has 0 amide bonds. The lowest BCUT2D eigenvalue weighted by atomic mass is 9.95. The topological polar surface area (TPSA) is 9.86 Å². The average molecular weight is 577 g/mol. The maximum atomic E-state index is 4.61. The number of rotatable bonds is 3. The Morgan fingerprint density at radius 3 is 1.24 bits per heavy atom. The monoisotopic (exact) mass is 576 g/mol. The van der Waals surface area contributed by atoms with Crippen LogP contribution in [0.2, 0.25) is 0 Å². The molecular formula is C38H28N2S2. The lowest BCUT2D eigenvalue weighted by Gasteiger charge is -2.15. The Morgan fingerprint density at radius 2 is 0.810 bits per heavy atom. The molecule has 0 fully saturated rings. The minimum atomic E-state index is 0.975. The van der Waals surface area contributed by atoms with Gasteiger partial charge in [0.2, 0.25) is 0 Å². The number of para-hydroxylation sites is 2. The van der Waals surface area contributed by atoms with Crippen molar-refractivity contribution in [1.29, 1.82) is 0 Å². The molecule has 202 valence electrons. The number of fused-ring (bicyclic) bond motifs is 6. The lowest BCUT2D eigenvalue weighted by molar-refractivity contribution is 1.16. The van der Waals surface area contributed by atoms with Crippen molar-refractivity contribution in [2.75, 3.05) is 0 Å². The predicted octanol–water partition coefficient (Wildman–Crippen LogP) is 10.7. The highest BCUT2D eigenvalue weighted by molar-refractivity contribution is 7.80. The molecule has 0 atom stereocenters. The molecule has 0 spiro atoms. The largest absolute Gasteiger partial charge is 0.309 e. The molecule has 2 nitrogen and oxygen atoms in total. The van der Waals surface area contributed by atoms with Crippen LogP contribution in [0.5, 0.6) is 0 Å². The summed E-state index contributed by atoms with van der Waals surface area (Å²) in [4.78, 5) is 1.95. The number of nitrogens with zero attached hydrogens (tertiary/aromatic N) is 2. The van der Waals surface area contributed by atoms with E-state index in [9.17, 15) is 0 Å². The molecular weight excluding hydrogens is 549 g/mol. The van der Waals surface area contributed by atoms with Crippen molar-refractivity contribution in [3.63, 3.8) is 0 Å². The van der Waals surface area contributed by atoms with Crippen LogP contribution in [0.1, 0.15) is 11.1 Å². The van der Waals surface area contributed by atoms with E-state index in [1.165, 1.54) is 65.9 Å². The smallest absolute Gasteiger partial charge is 0.0541 e. The molecule has 0 unspecified atom stereocenters. The van der Waals surface area contributed by atoms with E-state index in [-0.39, 0.29) is 0 Å².